The molecule has 1 saturated heterocycles. The maximum atomic E-state index is 14.3. The molecule has 0 spiro atoms. The molecule has 1 aliphatic heterocycles. The SMILES string of the molecule is Cc1ccccc1Oc1ccc(N2CCCC2CO)cc1F. The number of para-hydroxylation sites is 1. The number of aliphatic hydroxyl groups excluding tert-OH is 1. The molecule has 1 aliphatic rings. The lowest BCUT2D eigenvalue weighted by molar-refractivity contribution is 0.266. The van der Waals surface area contributed by atoms with Gasteiger partial charge in [0, 0.05) is 18.3 Å². The number of halogens is 1. The van der Waals surface area contributed by atoms with Crippen molar-refractivity contribution in [1.29, 1.82) is 0 Å². The van der Waals surface area contributed by atoms with Gasteiger partial charge in [-0.3, -0.25) is 0 Å². The van der Waals surface area contributed by atoms with Crippen LogP contribution in [0.25, 0.3) is 0 Å². The van der Waals surface area contributed by atoms with Crippen LogP contribution in [0.3, 0.4) is 0 Å². The van der Waals surface area contributed by atoms with Crippen LogP contribution in [-0.2, 0) is 0 Å². The smallest absolute Gasteiger partial charge is 0.167 e. The van der Waals surface area contributed by atoms with Gasteiger partial charge in [-0.25, -0.2) is 4.39 Å². The first-order valence-corrected chi connectivity index (χ1v) is 7.59. The molecule has 0 amide bonds. The Morgan fingerprint density at radius 1 is 1.23 bits per heavy atom. The molecule has 116 valence electrons. The summed E-state index contributed by atoms with van der Waals surface area (Å²) < 4.78 is 20.0. The second-order valence-electron chi connectivity index (χ2n) is 5.65. The second-order valence-corrected chi connectivity index (χ2v) is 5.65. The van der Waals surface area contributed by atoms with Crippen LogP contribution in [0, 0.1) is 12.7 Å². The van der Waals surface area contributed by atoms with Gasteiger partial charge in [-0.05, 0) is 43.5 Å². The van der Waals surface area contributed by atoms with Crippen molar-refractivity contribution in [2.75, 3.05) is 18.1 Å². The van der Waals surface area contributed by atoms with E-state index >= 15 is 0 Å². The molecule has 0 aliphatic carbocycles. The molecule has 2 aromatic carbocycles. The summed E-state index contributed by atoms with van der Waals surface area (Å²) in [5, 5.41) is 9.39. The highest BCUT2D eigenvalue weighted by Gasteiger charge is 2.24. The minimum atomic E-state index is -0.385. The van der Waals surface area contributed by atoms with Gasteiger partial charge in [0.1, 0.15) is 5.75 Å². The Balaban J connectivity index is 1.82. The molecule has 1 unspecified atom stereocenters. The van der Waals surface area contributed by atoms with Gasteiger partial charge >= 0.3 is 0 Å². The van der Waals surface area contributed by atoms with Crippen LogP contribution in [0.4, 0.5) is 10.1 Å². The summed E-state index contributed by atoms with van der Waals surface area (Å²) in [5.41, 5.74) is 1.76. The number of hydrogen-bond donors (Lipinski definition) is 1. The molecular weight excluding hydrogens is 281 g/mol. The van der Waals surface area contributed by atoms with E-state index in [1.807, 2.05) is 37.3 Å². The molecule has 3 nitrogen and oxygen atoms in total. The minimum absolute atomic E-state index is 0.0857. The number of anilines is 1. The number of hydrogen-bond acceptors (Lipinski definition) is 3. The van der Waals surface area contributed by atoms with Crippen molar-refractivity contribution in [3.8, 4) is 11.5 Å². The molecular formula is C18H20FNO2. The van der Waals surface area contributed by atoms with Crippen LogP contribution in [0.15, 0.2) is 42.5 Å². The predicted octanol–water partition coefficient (Wildman–Crippen LogP) is 3.89. The fourth-order valence-electron chi connectivity index (χ4n) is 2.91. The van der Waals surface area contributed by atoms with E-state index in [4.69, 9.17) is 4.74 Å². The lowest BCUT2D eigenvalue weighted by Gasteiger charge is -2.25. The van der Waals surface area contributed by atoms with Crippen molar-refractivity contribution in [2.24, 2.45) is 0 Å². The van der Waals surface area contributed by atoms with Crippen molar-refractivity contribution >= 4 is 5.69 Å². The van der Waals surface area contributed by atoms with Crippen molar-refractivity contribution in [2.45, 2.75) is 25.8 Å². The first-order valence-electron chi connectivity index (χ1n) is 7.59. The zero-order chi connectivity index (χ0) is 15.5. The number of benzene rings is 2. The quantitative estimate of drug-likeness (QED) is 0.930. The Hall–Kier alpha value is -2.07. The Kier molecular flexibility index (Phi) is 4.29. The molecule has 3 rings (SSSR count). The van der Waals surface area contributed by atoms with Crippen LogP contribution in [0.2, 0.25) is 0 Å². The molecule has 2 aromatic rings. The van der Waals surface area contributed by atoms with E-state index in [0.717, 1.165) is 30.6 Å². The molecule has 0 radical (unpaired) electrons. The van der Waals surface area contributed by atoms with Gasteiger partial charge in [0.2, 0.25) is 0 Å². The lowest BCUT2D eigenvalue weighted by atomic mass is 10.2. The van der Waals surface area contributed by atoms with Gasteiger partial charge in [-0.1, -0.05) is 18.2 Å². The standard InChI is InChI=1S/C18H20FNO2/c1-13-5-2-3-7-17(13)22-18-9-8-14(11-16(18)19)20-10-4-6-15(20)12-21/h2-3,5,7-9,11,15,21H,4,6,10,12H2,1H3. The third-order valence-electron chi connectivity index (χ3n) is 4.15. The third kappa shape index (κ3) is 2.92. The average molecular weight is 301 g/mol. The first kappa shape index (κ1) is 14.9. The summed E-state index contributed by atoms with van der Waals surface area (Å²) in [7, 11) is 0. The zero-order valence-corrected chi connectivity index (χ0v) is 12.6. The van der Waals surface area contributed by atoms with Crippen molar-refractivity contribution in [3.63, 3.8) is 0 Å². The predicted molar refractivity (Wildman–Crippen MR) is 85.1 cm³/mol. The molecule has 0 saturated carbocycles. The Bertz CT molecular complexity index is 659. The second kappa shape index (κ2) is 6.36. The number of aryl methyl sites for hydroxylation is 1. The van der Waals surface area contributed by atoms with E-state index in [9.17, 15) is 9.50 Å². The highest BCUT2D eigenvalue weighted by Crippen LogP contribution is 2.32. The number of aliphatic hydroxyl groups is 1. The Morgan fingerprint density at radius 3 is 2.77 bits per heavy atom. The molecule has 1 heterocycles. The Labute approximate surface area is 130 Å². The summed E-state index contributed by atoms with van der Waals surface area (Å²) in [5.74, 6) is 0.491. The van der Waals surface area contributed by atoms with E-state index in [2.05, 4.69) is 4.90 Å². The fourth-order valence-corrected chi connectivity index (χ4v) is 2.91. The number of nitrogens with zero attached hydrogens (tertiary/aromatic N) is 1. The summed E-state index contributed by atoms with van der Waals surface area (Å²) in [6.07, 6.45) is 1.97. The molecule has 0 aromatic heterocycles. The van der Waals surface area contributed by atoms with Gasteiger partial charge in [-0.15, -0.1) is 0 Å². The summed E-state index contributed by atoms with van der Waals surface area (Å²) >= 11 is 0. The van der Waals surface area contributed by atoms with E-state index in [1.165, 1.54) is 6.07 Å². The third-order valence-corrected chi connectivity index (χ3v) is 4.15. The van der Waals surface area contributed by atoms with Gasteiger partial charge in [0.25, 0.3) is 0 Å². The van der Waals surface area contributed by atoms with Gasteiger partial charge in [-0.2, -0.15) is 0 Å². The lowest BCUT2D eigenvalue weighted by Crippen LogP contribution is -2.32. The topological polar surface area (TPSA) is 32.7 Å². The van der Waals surface area contributed by atoms with Crippen LogP contribution in [-0.4, -0.2) is 24.3 Å². The normalized spacial score (nSPS) is 17.8. The highest BCUT2D eigenvalue weighted by atomic mass is 19.1. The maximum Gasteiger partial charge on any atom is 0.167 e. The van der Waals surface area contributed by atoms with Gasteiger partial charge in [0.15, 0.2) is 11.6 Å². The van der Waals surface area contributed by atoms with Crippen LogP contribution < -0.4 is 9.64 Å². The number of ether oxygens (including phenoxy) is 1. The van der Waals surface area contributed by atoms with E-state index in [0.29, 0.717) is 5.75 Å². The molecule has 4 heteroatoms. The molecule has 1 atom stereocenters. The zero-order valence-electron chi connectivity index (χ0n) is 12.6. The Morgan fingerprint density at radius 2 is 2.05 bits per heavy atom. The van der Waals surface area contributed by atoms with E-state index < -0.39 is 0 Å². The van der Waals surface area contributed by atoms with Crippen molar-refractivity contribution in [1.82, 2.24) is 0 Å². The largest absolute Gasteiger partial charge is 0.454 e. The molecule has 22 heavy (non-hydrogen) atoms. The average Bonchev–Trinajstić information content (AvgIpc) is 3.00. The summed E-state index contributed by atoms with van der Waals surface area (Å²) in [6.45, 7) is 2.88. The van der Waals surface area contributed by atoms with Gasteiger partial charge < -0.3 is 14.7 Å². The van der Waals surface area contributed by atoms with Crippen LogP contribution >= 0.6 is 0 Å². The van der Waals surface area contributed by atoms with Crippen LogP contribution in [0.5, 0.6) is 11.5 Å². The van der Waals surface area contributed by atoms with Crippen molar-refractivity contribution < 1.29 is 14.2 Å². The van der Waals surface area contributed by atoms with E-state index in [-0.39, 0.29) is 24.2 Å². The van der Waals surface area contributed by atoms with Crippen molar-refractivity contribution in [3.05, 3.63) is 53.8 Å². The highest BCUT2D eigenvalue weighted by molar-refractivity contribution is 5.52. The minimum Gasteiger partial charge on any atom is -0.454 e. The van der Waals surface area contributed by atoms with Gasteiger partial charge in [0.05, 0.1) is 12.6 Å². The van der Waals surface area contributed by atoms with Crippen LogP contribution in [0.1, 0.15) is 18.4 Å². The molecule has 0 bridgehead atoms. The molecule has 1 fully saturated rings. The van der Waals surface area contributed by atoms with E-state index in [1.54, 1.807) is 6.07 Å². The summed E-state index contributed by atoms with van der Waals surface area (Å²) in [4.78, 5) is 2.06. The maximum absolute atomic E-state index is 14.3. The fraction of sp³-hybridized carbons (Fsp3) is 0.333. The number of rotatable bonds is 4. The first-order chi connectivity index (χ1) is 10.7. The summed E-state index contributed by atoms with van der Waals surface area (Å²) in [6, 6.07) is 12.6. The monoisotopic (exact) mass is 301 g/mol. The molecule has 1 N–H and O–H groups in total.